The third-order valence-corrected chi connectivity index (χ3v) is 3.82. The van der Waals surface area contributed by atoms with Gasteiger partial charge in [0.2, 0.25) is 0 Å². The van der Waals surface area contributed by atoms with Gasteiger partial charge in [-0.25, -0.2) is 4.98 Å². The van der Waals surface area contributed by atoms with Gasteiger partial charge in [-0.3, -0.25) is 0 Å². The van der Waals surface area contributed by atoms with Crippen molar-refractivity contribution in [2.24, 2.45) is 0 Å². The first-order valence-electron chi connectivity index (χ1n) is 4.50. The van der Waals surface area contributed by atoms with Gasteiger partial charge >= 0.3 is 0 Å². The summed E-state index contributed by atoms with van der Waals surface area (Å²) < 4.78 is 0.947. The van der Waals surface area contributed by atoms with Crippen molar-refractivity contribution >= 4 is 54.7 Å². The fourth-order valence-electron chi connectivity index (χ4n) is 1.20. The summed E-state index contributed by atoms with van der Waals surface area (Å²) in [6.07, 6.45) is 1.62. The Morgan fingerprint density at radius 2 is 2.25 bits per heavy atom. The van der Waals surface area contributed by atoms with Gasteiger partial charge in [-0.15, -0.1) is 0 Å². The maximum Gasteiger partial charge on any atom is 0.189 e. The van der Waals surface area contributed by atoms with Gasteiger partial charge in [0, 0.05) is 9.50 Å². The number of benzene rings is 1. The Kier molecular flexibility index (Phi) is 3.37. The van der Waals surface area contributed by atoms with E-state index in [0.717, 1.165) is 25.9 Å². The summed E-state index contributed by atoms with van der Waals surface area (Å²) in [7, 11) is 0. The molecule has 0 unspecified atom stereocenters. The first-order valence-corrected chi connectivity index (χ1v) is 6.49. The number of halogens is 2. The zero-order chi connectivity index (χ0) is 11.7. The second-order valence-electron chi connectivity index (χ2n) is 3.27. The second-order valence-corrected chi connectivity index (χ2v) is 5.60. The molecule has 0 saturated carbocycles. The van der Waals surface area contributed by atoms with Gasteiger partial charge in [0.05, 0.1) is 11.9 Å². The van der Waals surface area contributed by atoms with Gasteiger partial charge in [-0.2, -0.15) is 0 Å². The molecule has 0 atom stereocenters. The number of nitrogens with two attached hydrogens (primary N) is 1. The SMILES string of the molecule is Cc1cc(Br)c(Nc2ncc(N)s2)cc1Cl. The molecule has 16 heavy (non-hydrogen) atoms. The Hall–Kier alpha value is -0.780. The van der Waals surface area contributed by atoms with Crippen molar-refractivity contribution in [3.63, 3.8) is 0 Å². The molecule has 2 rings (SSSR count). The second kappa shape index (κ2) is 4.61. The molecule has 2 aromatic rings. The van der Waals surface area contributed by atoms with Gasteiger partial charge in [0.25, 0.3) is 0 Å². The molecule has 1 aromatic heterocycles. The third-order valence-electron chi connectivity index (χ3n) is 2.01. The van der Waals surface area contributed by atoms with Gasteiger partial charge in [-0.05, 0) is 40.5 Å². The van der Waals surface area contributed by atoms with Crippen molar-refractivity contribution in [2.75, 3.05) is 11.1 Å². The normalized spacial score (nSPS) is 10.4. The summed E-state index contributed by atoms with van der Waals surface area (Å²) in [6, 6.07) is 3.82. The van der Waals surface area contributed by atoms with Crippen molar-refractivity contribution in [2.45, 2.75) is 6.92 Å². The highest BCUT2D eigenvalue weighted by molar-refractivity contribution is 9.10. The van der Waals surface area contributed by atoms with Gasteiger partial charge < -0.3 is 11.1 Å². The highest BCUT2D eigenvalue weighted by atomic mass is 79.9. The van der Waals surface area contributed by atoms with Crippen LogP contribution in [0.1, 0.15) is 5.56 Å². The summed E-state index contributed by atoms with van der Waals surface area (Å²) in [5.74, 6) is 0. The number of nitrogens with zero attached hydrogens (tertiary/aromatic N) is 1. The highest BCUT2D eigenvalue weighted by Crippen LogP contribution is 2.32. The lowest BCUT2D eigenvalue weighted by atomic mass is 10.2. The summed E-state index contributed by atoms with van der Waals surface area (Å²) in [5, 5.41) is 5.30. The maximum atomic E-state index is 6.05. The highest BCUT2D eigenvalue weighted by Gasteiger charge is 2.06. The average molecular weight is 319 g/mol. The minimum absolute atomic E-state index is 0.678. The number of rotatable bonds is 2. The van der Waals surface area contributed by atoms with Gasteiger partial charge in [0.1, 0.15) is 5.00 Å². The topological polar surface area (TPSA) is 50.9 Å². The molecule has 0 saturated heterocycles. The summed E-state index contributed by atoms with van der Waals surface area (Å²) in [4.78, 5) is 4.12. The molecule has 0 bridgehead atoms. The van der Waals surface area contributed by atoms with E-state index in [4.69, 9.17) is 17.3 Å². The molecule has 0 aliphatic carbocycles. The van der Waals surface area contributed by atoms with Crippen LogP contribution in [0.2, 0.25) is 5.02 Å². The molecule has 6 heteroatoms. The zero-order valence-corrected chi connectivity index (χ0v) is 11.6. The van der Waals surface area contributed by atoms with E-state index in [1.165, 1.54) is 11.3 Å². The first-order chi connectivity index (χ1) is 7.56. The Bertz CT molecular complexity index is 527. The van der Waals surface area contributed by atoms with E-state index in [1.54, 1.807) is 6.20 Å². The van der Waals surface area contributed by atoms with Crippen molar-refractivity contribution < 1.29 is 0 Å². The number of nitrogens with one attached hydrogen (secondary N) is 1. The van der Waals surface area contributed by atoms with E-state index in [9.17, 15) is 0 Å². The fourth-order valence-corrected chi connectivity index (χ4v) is 2.52. The van der Waals surface area contributed by atoms with E-state index in [0.29, 0.717) is 5.00 Å². The molecule has 0 fully saturated rings. The molecular formula is C10H9BrClN3S. The van der Waals surface area contributed by atoms with Crippen LogP contribution in [0.25, 0.3) is 0 Å². The molecule has 1 heterocycles. The van der Waals surface area contributed by atoms with Crippen LogP contribution in [0, 0.1) is 6.92 Å². The number of hydrogen-bond donors (Lipinski definition) is 2. The molecule has 84 valence electrons. The van der Waals surface area contributed by atoms with Crippen molar-refractivity contribution in [3.8, 4) is 0 Å². The van der Waals surface area contributed by atoms with Crippen LogP contribution in [0.15, 0.2) is 22.8 Å². The van der Waals surface area contributed by atoms with E-state index in [1.807, 2.05) is 19.1 Å². The molecule has 0 aliphatic heterocycles. The quantitative estimate of drug-likeness (QED) is 0.873. The van der Waals surface area contributed by atoms with Crippen LogP contribution in [-0.4, -0.2) is 4.98 Å². The Labute approximate surface area is 111 Å². The first kappa shape index (κ1) is 11.7. The lowest BCUT2D eigenvalue weighted by Crippen LogP contribution is -1.91. The smallest absolute Gasteiger partial charge is 0.189 e. The molecule has 0 spiro atoms. The number of nitrogen functional groups attached to an aromatic ring is 1. The Balaban J connectivity index is 2.31. The fraction of sp³-hybridized carbons (Fsp3) is 0.100. The number of aromatic nitrogens is 1. The van der Waals surface area contributed by atoms with Crippen LogP contribution >= 0.6 is 38.9 Å². The third kappa shape index (κ3) is 2.48. The van der Waals surface area contributed by atoms with Crippen molar-refractivity contribution in [1.82, 2.24) is 4.98 Å². The maximum absolute atomic E-state index is 6.05. The van der Waals surface area contributed by atoms with Crippen LogP contribution in [0.5, 0.6) is 0 Å². The van der Waals surface area contributed by atoms with E-state index in [2.05, 4.69) is 26.2 Å². The minimum Gasteiger partial charge on any atom is -0.389 e. The molecule has 0 aliphatic rings. The molecular weight excluding hydrogens is 310 g/mol. The van der Waals surface area contributed by atoms with E-state index in [-0.39, 0.29) is 0 Å². The average Bonchev–Trinajstić information content (AvgIpc) is 2.60. The lowest BCUT2D eigenvalue weighted by Gasteiger charge is -2.07. The molecule has 3 N–H and O–H groups in total. The molecule has 3 nitrogen and oxygen atoms in total. The van der Waals surface area contributed by atoms with E-state index >= 15 is 0 Å². The van der Waals surface area contributed by atoms with Crippen LogP contribution in [-0.2, 0) is 0 Å². The molecule has 0 amide bonds. The number of aryl methyl sites for hydroxylation is 1. The van der Waals surface area contributed by atoms with Crippen LogP contribution in [0.4, 0.5) is 15.8 Å². The van der Waals surface area contributed by atoms with Gasteiger partial charge in [-0.1, -0.05) is 22.9 Å². The standard InChI is InChI=1S/C10H9BrClN3S/c1-5-2-6(11)8(3-7(5)12)15-10-14-4-9(13)16-10/h2-4H,13H2,1H3,(H,14,15). The summed E-state index contributed by atoms with van der Waals surface area (Å²) >= 11 is 10.9. The van der Waals surface area contributed by atoms with Crippen LogP contribution < -0.4 is 11.1 Å². The largest absolute Gasteiger partial charge is 0.389 e. The number of thiazole rings is 1. The number of anilines is 3. The predicted molar refractivity (Wildman–Crippen MR) is 73.7 cm³/mol. The molecule has 0 radical (unpaired) electrons. The van der Waals surface area contributed by atoms with Crippen molar-refractivity contribution in [3.05, 3.63) is 33.4 Å². The summed E-state index contributed by atoms with van der Waals surface area (Å²) in [5.41, 5.74) is 7.51. The monoisotopic (exact) mass is 317 g/mol. The summed E-state index contributed by atoms with van der Waals surface area (Å²) in [6.45, 7) is 1.96. The lowest BCUT2D eigenvalue weighted by molar-refractivity contribution is 1.37. The molecule has 1 aromatic carbocycles. The Morgan fingerprint density at radius 3 is 2.88 bits per heavy atom. The Morgan fingerprint density at radius 1 is 1.50 bits per heavy atom. The predicted octanol–water partition coefficient (Wildman–Crippen LogP) is 4.19. The number of hydrogen-bond acceptors (Lipinski definition) is 4. The van der Waals surface area contributed by atoms with Gasteiger partial charge in [0.15, 0.2) is 5.13 Å². The minimum atomic E-state index is 0.678. The van der Waals surface area contributed by atoms with Crippen LogP contribution in [0.3, 0.4) is 0 Å². The van der Waals surface area contributed by atoms with Crippen molar-refractivity contribution in [1.29, 1.82) is 0 Å². The zero-order valence-electron chi connectivity index (χ0n) is 8.42. The van der Waals surface area contributed by atoms with E-state index < -0.39 is 0 Å².